The summed E-state index contributed by atoms with van der Waals surface area (Å²) in [5.41, 5.74) is 2.09. The third-order valence-electron chi connectivity index (χ3n) is 4.61. The highest BCUT2D eigenvalue weighted by Gasteiger charge is 2.28. The average Bonchev–Trinajstić information content (AvgIpc) is 3.47. The van der Waals surface area contributed by atoms with Gasteiger partial charge in [0.15, 0.2) is 0 Å². The zero-order valence-corrected chi connectivity index (χ0v) is 15.9. The van der Waals surface area contributed by atoms with Gasteiger partial charge in [0, 0.05) is 44.6 Å². The number of anilines is 1. The van der Waals surface area contributed by atoms with Crippen molar-refractivity contribution in [2.75, 3.05) is 19.0 Å². The van der Waals surface area contributed by atoms with Gasteiger partial charge in [-0.25, -0.2) is 9.97 Å². The Morgan fingerprint density at radius 2 is 1.96 bits per heavy atom. The van der Waals surface area contributed by atoms with Gasteiger partial charge >= 0.3 is 0 Å². The Morgan fingerprint density at radius 1 is 1.23 bits per heavy atom. The van der Waals surface area contributed by atoms with E-state index < -0.39 is 0 Å². The van der Waals surface area contributed by atoms with Crippen molar-refractivity contribution in [3.63, 3.8) is 0 Å². The highest BCUT2D eigenvalue weighted by molar-refractivity contribution is 5.76. The molecule has 3 rings (SSSR count). The number of nitrogens with zero attached hydrogens (tertiary/aromatic N) is 3. The van der Waals surface area contributed by atoms with Gasteiger partial charge < -0.3 is 10.2 Å². The van der Waals surface area contributed by atoms with E-state index in [1.165, 1.54) is 12.8 Å². The number of hydrogen-bond acceptors (Lipinski definition) is 4. The fraction of sp³-hybridized carbons (Fsp3) is 0.476. The minimum absolute atomic E-state index is 0.0767. The van der Waals surface area contributed by atoms with Crippen molar-refractivity contribution in [3.05, 3.63) is 53.5 Å². The summed E-state index contributed by atoms with van der Waals surface area (Å²) < 4.78 is 0. The maximum Gasteiger partial charge on any atom is 0.220 e. The van der Waals surface area contributed by atoms with Gasteiger partial charge in [0.05, 0.1) is 6.04 Å². The highest BCUT2D eigenvalue weighted by Crippen LogP contribution is 2.38. The Bertz CT molecular complexity index is 721. The summed E-state index contributed by atoms with van der Waals surface area (Å²) in [5, 5.41) is 3.18. The molecule has 1 saturated carbocycles. The van der Waals surface area contributed by atoms with Crippen molar-refractivity contribution >= 4 is 11.7 Å². The first-order valence-electron chi connectivity index (χ1n) is 9.46. The molecular weight excluding hydrogens is 324 g/mol. The van der Waals surface area contributed by atoms with Crippen LogP contribution in [0.1, 0.15) is 61.6 Å². The van der Waals surface area contributed by atoms with Crippen molar-refractivity contribution in [3.8, 4) is 0 Å². The molecule has 0 unspecified atom stereocenters. The van der Waals surface area contributed by atoms with Crippen LogP contribution in [0.15, 0.2) is 36.4 Å². The third kappa shape index (κ3) is 4.81. The van der Waals surface area contributed by atoms with Crippen molar-refractivity contribution in [1.82, 2.24) is 15.3 Å². The summed E-state index contributed by atoms with van der Waals surface area (Å²) in [5.74, 6) is 2.46. The maximum absolute atomic E-state index is 12.2. The quantitative estimate of drug-likeness (QED) is 0.788. The van der Waals surface area contributed by atoms with E-state index in [9.17, 15) is 4.79 Å². The average molecular weight is 352 g/mol. The van der Waals surface area contributed by atoms with Crippen LogP contribution in [0.5, 0.6) is 0 Å². The van der Waals surface area contributed by atoms with Gasteiger partial charge in [0.2, 0.25) is 5.91 Å². The van der Waals surface area contributed by atoms with Crippen LogP contribution in [0.25, 0.3) is 0 Å². The van der Waals surface area contributed by atoms with Crippen LogP contribution in [-0.4, -0.2) is 30.0 Å². The third-order valence-corrected chi connectivity index (χ3v) is 4.61. The van der Waals surface area contributed by atoms with Crippen molar-refractivity contribution in [1.29, 1.82) is 0 Å². The fourth-order valence-electron chi connectivity index (χ4n) is 3.00. The second-order valence-electron chi connectivity index (χ2n) is 7.23. The van der Waals surface area contributed by atoms with Gasteiger partial charge in [-0.05, 0) is 24.8 Å². The van der Waals surface area contributed by atoms with Crippen LogP contribution in [0.3, 0.4) is 0 Å². The van der Waals surface area contributed by atoms with Crippen molar-refractivity contribution in [2.24, 2.45) is 0 Å². The van der Waals surface area contributed by atoms with E-state index in [-0.39, 0.29) is 11.9 Å². The summed E-state index contributed by atoms with van der Waals surface area (Å²) in [6.07, 6.45) is 4.40. The molecule has 1 aromatic carbocycles. The molecule has 1 aromatic heterocycles. The molecule has 26 heavy (non-hydrogen) atoms. The molecule has 138 valence electrons. The van der Waals surface area contributed by atoms with Gasteiger partial charge in [0.25, 0.3) is 0 Å². The standard InChI is InChI=1S/C21H28N4O/c1-4-8-20(26)23-18(15-9-6-5-7-10-15)13-17-14-19(25(2)3)24-21(22-17)16-11-12-16/h5-7,9-10,14,16,18H,4,8,11-13H2,1-3H3,(H,23,26)/t18-/m0/s1. The van der Waals surface area contributed by atoms with E-state index in [0.717, 1.165) is 29.3 Å². The van der Waals surface area contributed by atoms with Gasteiger partial charge in [-0.2, -0.15) is 0 Å². The number of hydrogen-bond donors (Lipinski definition) is 1. The van der Waals surface area contributed by atoms with E-state index in [1.54, 1.807) is 0 Å². The van der Waals surface area contributed by atoms with Gasteiger partial charge in [-0.1, -0.05) is 37.3 Å². The normalized spacial score (nSPS) is 14.7. The van der Waals surface area contributed by atoms with Crippen molar-refractivity contribution < 1.29 is 4.79 Å². The molecule has 1 aliphatic carbocycles. The molecule has 1 aliphatic rings. The van der Waals surface area contributed by atoms with Crippen LogP contribution in [-0.2, 0) is 11.2 Å². The van der Waals surface area contributed by atoms with E-state index in [1.807, 2.05) is 50.2 Å². The number of benzene rings is 1. The molecule has 1 amide bonds. The Balaban J connectivity index is 1.87. The summed E-state index contributed by atoms with van der Waals surface area (Å²) in [6, 6.07) is 12.1. The van der Waals surface area contributed by atoms with Gasteiger partial charge in [-0.15, -0.1) is 0 Å². The van der Waals surface area contributed by atoms with Crippen LogP contribution < -0.4 is 10.2 Å². The first-order valence-corrected chi connectivity index (χ1v) is 9.46. The topological polar surface area (TPSA) is 58.1 Å². The minimum atomic E-state index is -0.0767. The van der Waals surface area contributed by atoms with E-state index in [2.05, 4.69) is 17.4 Å². The number of carbonyl (C=O) groups is 1. The summed E-state index contributed by atoms with van der Waals surface area (Å²) >= 11 is 0. The second kappa shape index (κ2) is 8.30. The predicted octanol–water partition coefficient (Wildman–Crippen LogP) is 3.62. The molecule has 0 spiro atoms. The van der Waals surface area contributed by atoms with Crippen LogP contribution >= 0.6 is 0 Å². The molecule has 1 N–H and O–H groups in total. The summed E-state index contributed by atoms with van der Waals surface area (Å²) in [6.45, 7) is 2.02. The lowest BCUT2D eigenvalue weighted by molar-refractivity contribution is -0.121. The SMILES string of the molecule is CCCC(=O)N[C@@H](Cc1cc(N(C)C)nc(C2CC2)n1)c1ccccc1. The number of rotatable bonds is 8. The Labute approximate surface area is 155 Å². The zero-order chi connectivity index (χ0) is 18.5. The molecule has 0 saturated heterocycles. The Kier molecular flexibility index (Phi) is 5.86. The van der Waals surface area contributed by atoms with E-state index >= 15 is 0 Å². The first kappa shape index (κ1) is 18.4. The molecule has 5 nitrogen and oxygen atoms in total. The van der Waals surface area contributed by atoms with Gasteiger partial charge in [0.1, 0.15) is 11.6 Å². The molecule has 1 fully saturated rings. The molecule has 1 atom stereocenters. The van der Waals surface area contributed by atoms with Gasteiger partial charge in [-0.3, -0.25) is 4.79 Å². The molecule has 1 heterocycles. The van der Waals surface area contributed by atoms with Crippen LogP contribution in [0.4, 0.5) is 5.82 Å². The van der Waals surface area contributed by atoms with Crippen LogP contribution in [0.2, 0.25) is 0 Å². The Morgan fingerprint density at radius 3 is 2.58 bits per heavy atom. The molecule has 2 aromatic rings. The summed E-state index contributed by atoms with van der Waals surface area (Å²) in [4.78, 5) is 23.7. The largest absolute Gasteiger partial charge is 0.363 e. The fourth-order valence-corrected chi connectivity index (χ4v) is 3.00. The summed E-state index contributed by atoms with van der Waals surface area (Å²) in [7, 11) is 4.00. The van der Waals surface area contributed by atoms with Crippen molar-refractivity contribution in [2.45, 2.75) is 51.0 Å². The number of nitrogens with one attached hydrogen (secondary N) is 1. The highest BCUT2D eigenvalue weighted by atomic mass is 16.1. The number of amides is 1. The first-order chi connectivity index (χ1) is 12.6. The van der Waals surface area contributed by atoms with E-state index in [0.29, 0.717) is 18.8 Å². The lowest BCUT2D eigenvalue weighted by Gasteiger charge is -2.20. The number of carbonyl (C=O) groups excluding carboxylic acids is 1. The van der Waals surface area contributed by atoms with Crippen LogP contribution in [0, 0.1) is 0 Å². The zero-order valence-electron chi connectivity index (χ0n) is 15.9. The molecule has 5 heteroatoms. The molecule has 0 bridgehead atoms. The maximum atomic E-state index is 12.2. The monoisotopic (exact) mass is 352 g/mol. The second-order valence-corrected chi connectivity index (χ2v) is 7.23. The predicted molar refractivity (Wildman–Crippen MR) is 104 cm³/mol. The Hall–Kier alpha value is -2.43. The lowest BCUT2D eigenvalue weighted by Crippen LogP contribution is -2.30. The minimum Gasteiger partial charge on any atom is -0.363 e. The molecule has 0 radical (unpaired) electrons. The molecular formula is C21H28N4O. The van der Waals surface area contributed by atoms with E-state index in [4.69, 9.17) is 9.97 Å². The lowest BCUT2D eigenvalue weighted by atomic mass is 10.0. The smallest absolute Gasteiger partial charge is 0.220 e. The number of aromatic nitrogens is 2. The molecule has 0 aliphatic heterocycles.